The van der Waals surface area contributed by atoms with Crippen molar-refractivity contribution in [2.24, 2.45) is 5.73 Å². The number of rotatable bonds is 7. The van der Waals surface area contributed by atoms with Gasteiger partial charge in [-0.05, 0) is 0 Å². The molecule has 2 rings (SSSR count). The van der Waals surface area contributed by atoms with Crippen molar-refractivity contribution in [1.29, 1.82) is 0 Å². The van der Waals surface area contributed by atoms with Crippen LogP contribution < -0.4 is 5.73 Å². The van der Waals surface area contributed by atoms with Crippen molar-refractivity contribution in [2.45, 2.75) is 55.6 Å². The Morgan fingerprint density at radius 2 is 1.96 bits per heavy atom. The van der Waals surface area contributed by atoms with E-state index >= 15 is 0 Å². The summed E-state index contributed by atoms with van der Waals surface area (Å²) < 4.78 is 21.1. The Hall–Kier alpha value is -0.730. The van der Waals surface area contributed by atoms with Gasteiger partial charge in [0, 0.05) is 13.0 Å². The van der Waals surface area contributed by atoms with Crippen molar-refractivity contribution in [3.05, 3.63) is 0 Å². The van der Waals surface area contributed by atoms with Gasteiger partial charge in [-0.1, -0.05) is 0 Å². The Bertz CT molecular complexity index is 438. The molecule has 0 spiro atoms. The van der Waals surface area contributed by atoms with Gasteiger partial charge >= 0.3 is 0 Å². The van der Waals surface area contributed by atoms with Crippen LogP contribution in [0.5, 0.6) is 0 Å². The zero-order valence-electron chi connectivity index (χ0n) is 13.6. The lowest BCUT2D eigenvalue weighted by Gasteiger charge is -2.41. The van der Waals surface area contributed by atoms with E-state index in [4.69, 9.17) is 29.8 Å². The van der Waals surface area contributed by atoms with E-state index in [-0.39, 0.29) is 26.2 Å². The van der Waals surface area contributed by atoms with E-state index in [2.05, 4.69) is 0 Å². The molecule has 8 N–H and O–H groups in total. The smallest absolute Gasteiger partial charge is 0.221 e. The molecule has 0 aromatic heterocycles. The highest BCUT2D eigenvalue weighted by Crippen LogP contribution is 2.27. The van der Waals surface area contributed by atoms with E-state index < -0.39 is 61.6 Å². The largest absolute Gasteiger partial charge is 0.443 e. The minimum Gasteiger partial charge on any atom is -0.443 e. The molecule has 0 amide bonds. The third kappa shape index (κ3) is 4.71. The van der Waals surface area contributed by atoms with Gasteiger partial charge in [0.1, 0.15) is 12.2 Å². The van der Waals surface area contributed by atoms with Crippen molar-refractivity contribution in [1.82, 2.24) is 0 Å². The Morgan fingerprint density at radius 3 is 2.56 bits per heavy atom. The summed E-state index contributed by atoms with van der Waals surface area (Å²) >= 11 is 0. The van der Waals surface area contributed by atoms with Crippen LogP contribution in [0, 0.1) is 0 Å². The van der Waals surface area contributed by atoms with Gasteiger partial charge in [-0.3, -0.25) is 4.79 Å². The van der Waals surface area contributed by atoms with Gasteiger partial charge in [-0.15, -0.1) is 0 Å². The van der Waals surface area contributed by atoms with Crippen LogP contribution in [0.3, 0.4) is 0 Å². The maximum Gasteiger partial charge on any atom is 0.221 e. The first-order valence-electron chi connectivity index (χ1n) is 8.04. The first-order chi connectivity index (χ1) is 11.9. The second kappa shape index (κ2) is 9.28. The molecule has 0 radical (unpaired) electrons. The monoisotopic (exact) mass is 368 g/mol. The summed E-state index contributed by atoms with van der Waals surface area (Å²) in [5.74, 6) is -0.748. The lowest BCUT2D eigenvalue weighted by molar-refractivity contribution is -0.308. The van der Waals surface area contributed by atoms with Crippen LogP contribution in [-0.4, -0.2) is 107 Å². The molecule has 8 atom stereocenters. The van der Waals surface area contributed by atoms with Crippen LogP contribution in [-0.2, 0) is 23.7 Å². The van der Waals surface area contributed by atoms with E-state index in [1.165, 1.54) is 0 Å². The molecule has 2 saturated heterocycles. The Labute approximate surface area is 143 Å². The molecular weight excluding hydrogens is 342 g/mol. The van der Waals surface area contributed by atoms with Crippen molar-refractivity contribution in [3.63, 3.8) is 0 Å². The molecule has 11 heteroatoms. The van der Waals surface area contributed by atoms with Crippen LogP contribution in [0.4, 0.5) is 0 Å². The predicted molar refractivity (Wildman–Crippen MR) is 80.4 cm³/mol. The van der Waals surface area contributed by atoms with Gasteiger partial charge in [-0.25, -0.2) is 0 Å². The number of ketones is 1. The first kappa shape index (κ1) is 20.6. The molecule has 0 aromatic carbocycles. The fourth-order valence-electron chi connectivity index (χ4n) is 2.71. The van der Waals surface area contributed by atoms with Crippen LogP contribution in [0.1, 0.15) is 6.42 Å². The lowest BCUT2D eigenvalue weighted by atomic mass is 9.99. The number of hydrogen-bond donors (Lipinski definition) is 5. The van der Waals surface area contributed by atoms with Crippen LogP contribution in [0.2, 0.25) is 0 Å². The molecule has 0 bridgehead atoms. The molecule has 0 saturated carbocycles. The molecule has 0 aliphatic carbocycles. The van der Waals surface area contributed by atoms with Gasteiger partial charge in [0.15, 0.2) is 25.1 Å². The number of nitrogens with two attached hydrogens (primary N) is 1. The van der Waals surface area contributed by atoms with Crippen LogP contribution >= 0.6 is 0 Å². The van der Waals surface area contributed by atoms with Gasteiger partial charge in [-0.2, -0.15) is 0 Å². The van der Waals surface area contributed by atoms with Crippen molar-refractivity contribution < 1.29 is 49.3 Å². The van der Waals surface area contributed by atoms with Gasteiger partial charge < -0.3 is 50.2 Å². The fraction of sp³-hybridized carbons (Fsp3) is 0.929. The maximum absolute atomic E-state index is 12.4. The van der Waals surface area contributed by atoms with E-state index in [1.54, 1.807) is 0 Å². The van der Waals surface area contributed by atoms with Crippen molar-refractivity contribution in [2.75, 3.05) is 26.4 Å². The van der Waals surface area contributed by atoms with Crippen LogP contribution in [0.25, 0.3) is 0 Å². The number of carbonyl (C=O) groups is 1. The summed E-state index contributed by atoms with van der Waals surface area (Å²) in [5, 5.41) is 46.6. The summed E-state index contributed by atoms with van der Waals surface area (Å²) in [4.78, 5) is 12.4. The molecule has 0 unspecified atom stereocenters. The maximum atomic E-state index is 12.4. The summed E-state index contributed by atoms with van der Waals surface area (Å²) in [6, 6.07) is 0. The van der Waals surface area contributed by atoms with E-state index in [9.17, 15) is 25.2 Å². The zero-order chi connectivity index (χ0) is 18.6. The number of aliphatic hydroxyl groups excluding tert-OH is 4. The average Bonchev–Trinajstić information content (AvgIpc) is 2.61. The predicted octanol–water partition coefficient (Wildman–Crippen LogP) is -4.44. The van der Waals surface area contributed by atoms with Crippen molar-refractivity contribution >= 4 is 5.78 Å². The molecule has 146 valence electrons. The topological polar surface area (TPSA) is 184 Å². The third-order valence-corrected chi connectivity index (χ3v) is 4.08. The summed E-state index contributed by atoms with van der Waals surface area (Å²) in [6.07, 6.45) is -10.3. The SMILES string of the molecule is NCCO[C@H]1O[C@H](C[OH2+])[C@@H](O)[C@H](O[C@H]2O[C@H](CO)C[C@H](O)[C@@H]2O)C1=O. The summed E-state index contributed by atoms with van der Waals surface area (Å²) in [6.45, 7) is -0.600. The van der Waals surface area contributed by atoms with Gasteiger partial charge in [0.2, 0.25) is 12.1 Å². The lowest BCUT2D eigenvalue weighted by Crippen LogP contribution is -2.61. The Morgan fingerprint density at radius 1 is 1.24 bits per heavy atom. The molecule has 25 heavy (non-hydrogen) atoms. The number of ether oxygens (including phenoxy) is 4. The zero-order valence-corrected chi connectivity index (χ0v) is 13.6. The van der Waals surface area contributed by atoms with E-state index in [0.717, 1.165) is 0 Å². The van der Waals surface area contributed by atoms with Crippen LogP contribution in [0.15, 0.2) is 0 Å². The number of carbonyl (C=O) groups excluding carboxylic acids is 1. The third-order valence-electron chi connectivity index (χ3n) is 4.08. The molecule has 2 heterocycles. The first-order valence-corrected chi connectivity index (χ1v) is 8.04. The Kier molecular flexibility index (Phi) is 7.64. The van der Waals surface area contributed by atoms with Gasteiger partial charge in [0.05, 0.1) is 25.4 Å². The molecule has 2 fully saturated rings. The Balaban J connectivity index is 2.11. The summed E-state index contributed by atoms with van der Waals surface area (Å²) in [7, 11) is 0. The van der Waals surface area contributed by atoms with Gasteiger partial charge in [0.25, 0.3) is 0 Å². The van der Waals surface area contributed by atoms with Crippen molar-refractivity contribution in [3.8, 4) is 0 Å². The molecular formula is C14H26NO10+. The van der Waals surface area contributed by atoms with E-state index in [0.29, 0.717) is 0 Å². The second-order valence-electron chi connectivity index (χ2n) is 5.92. The normalized spacial score (nSPS) is 42.6. The average molecular weight is 368 g/mol. The molecule has 0 aromatic rings. The van der Waals surface area contributed by atoms with E-state index in [1.807, 2.05) is 0 Å². The number of hydrogen-bond acceptors (Lipinski definition) is 10. The highest BCUT2D eigenvalue weighted by Gasteiger charge is 2.49. The fourth-order valence-corrected chi connectivity index (χ4v) is 2.71. The highest BCUT2D eigenvalue weighted by atomic mass is 16.7. The molecule has 2 aliphatic rings. The number of Topliss-reactive ketones (excluding diaryl/α,β-unsaturated/α-hetero) is 1. The minimum atomic E-state index is -1.49. The number of aliphatic hydroxyl groups is 4. The molecule has 2 aliphatic heterocycles. The standard InChI is InChI=1S/C14H25NO10/c15-1-2-22-13-11(21)12(10(20)8(5-17)24-13)25-14-9(19)7(18)3-6(4-16)23-14/h6-10,12-14,16-20H,1-5,15H2/p+1/t6-,7-,8+,9-,10+,12-,13-,14+/m0/s1. The highest BCUT2D eigenvalue weighted by molar-refractivity contribution is 5.87. The summed E-state index contributed by atoms with van der Waals surface area (Å²) in [5.41, 5.74) is 5.32. The minimum absolute atomic E-state index is 0.000610. The molecule has 11 nitrogen and oxygen atoms in total. The second-order valence-corrected chi connectivity index (χ2v) is 5.92. The quantitative estimate of drug-likeness (QED) is 0.275.